The van der Waals surface area contributed by atoms with E-state index < -0.39 is 0 Å². The van der Waals surface area contributed by atoms with Crippen LogP contribution in [0.5, 0.6) is 0 Å². The second-order valence-electron chi connectivity index (χ2n) is 5.50. The highest BCUT2D eigenvalue weighted by Crippen LogP contribution is 2.27. The van der Waals surface area contributed by atoms with E-state index in [9.17, 15) is 4.79 Å². The topological polar surface area (TPSA) is 29.1 Å². The molecule has 1 aliphatic rings. The first kappa shape index (κ1) is 13.7. The lowest BCUT2D eigenvalue weighted by Gasteiger charge is -2.29. The summed E-state index contributed by atoms with van der Waals surface area (Å²) in [6.45, 7) is 7.37. The third-order valence-corrected chi connectivity index (χ3v) is 3.66. The Morgan fingerprint density at radius 1 is 1.31 bits per heavy atom. The van der Waals surface area contributed by atoms with Crippen LogP contribution in [0, 0.1) is 11.8 Å². The van der Waals surface area contributed by atoms with E-state index in [0.717, 1.165) is 13.0 Å². The van der Waals surface area contributed by atoms with Crippen LogP contribution in [0.15, 0.2) is 0 Å². The average molecular weight is 227 g/mol. The standard InChI is InChI=1S/C14H27NO.H2/c1-4-9-15-13-7-5-12(6-8-13)10-14(16)11(2)3;/h11-13,15H,4-10H2,1-3H3;1H. The van der Waals surface area contributed by atoms with Crippen LogP contribution in [0.4, 0.5) is 0 Å². The summed E-state index contributed by atoms with van der Waals surface area (Å²) in [5.41, 5.74) is 0. The van der Waals surface area contributed by atoms with E-state index in [1.54, 1.807) is 0 Å². The molecule has 1 rings (SSSR count). The van der Waals surface area contributed by atoms with Crippen LogP contribution in [0.2, 0.25) is 0 Å². The molecule has 0 amide bonds. The molecule has 0 aromatic heterocycles. The van der Waals surface area contributed by atoms with E-state index >= 15 is 0 Å². The molecule has 0 aromatic rings. The van der Waals surface area contributed by atoms with Gasteiger partial charge in [0, 0.05) is 19.8 Å². The molecular formula is C14H29NO. The van der Waals surface area contributed by atoms with Gasteiger partial charge in [0.2, 0.25) is 0 Å². The fourth-order valence-corrected chi connectivity index (χ4v) is 2.44. The molecule has 0 heterocycles. The Hall–Kier alpha value is -0.370. The van der Waals surface area contributed by atoms with Crippen molar-refractivity contribution in [3.63, 3.8) is 0 Å². The predicted octanol–water partition coefficient (Wildman–Crippen LogP) is 3.41. The second-order valence-corrected chi connectivity index (χ2v) is 5.50. The third kappa shape index (κ3) is 4.65. The Kier molecular flexibility index (Phi) is 6.04. The lowest BCUT2D eigenvalue weighted by molar-refractivity contribution is -0.123. The van der Waals surface area contributed by atoms with Crippen molar-refractivity contribution in [1.82, 2.24) is 5.32 Å². The van der Waals surface area contributed by atoms with Gasteiger partial charge >= 0.3 is 0 Å². The van der Waals surface area contributed by atoms with Crippen LogP contribution in [-0.2, 0) is 4.79 Å². The van der Waals surface area contributed by atoms with E-state index in [4.69, 9.17) is 0 Å². The Morgan fingerprint density at radius 2 is 1.94 bits per heavy atom. The van der Waals surface area contributed by atoms with Crippen LogP contribution in [0.1, 0.15) is 60.7 Å². The number of nitrogens with one attached hydrogen (secondary N) is 1. The van der Waals surface area contributed by atoms with Crippen molar-refractivity contribution < 1.29 is 6.22 Å². The Labute approximate surface area is 102 Å². The highest BCUT2D eigenvalue weighted by Gasteiger charge is 2.23. The summed E-state index contributed by atoms with van der Waals surface area (Å²) in [4.78, 5) is 11.6. The largest absolute Gasteiger partial charge is 0.314 e. The van der Waals surface area contributed by atoms with Gasteiger partial charge in [0.25, 0.3) is 0 Å². The van der Waals surface area contributed by atoms with Gasteiger partial charge in [-0.05, 0) is 44.6 Å². The second kappa shape index (κ2) is 7.05. The summed E-state index contributed by atoms with van der Waals surface area (Å²) < 4.78 is 0. The zero-order valence-electron chi connectivity index (χ0n) is 11.1. The zero-order chi connectivity index (χ0) is 12.0. The lowest BCUT2D eigenvalue weighted by Crippen LogP contribution is -2.34. The molecule has 0 bridgehead atoms. The molecule has 96 valence electrons. The van der Waals surface area contributed by atoms with E-state index in [2.05, 4.69) is 12.2 Å². The minimum Gasteiger partial charge on any atom is -0.314 e. The fraction of sp³-hybridized carbons (Fsp3) is 0.929. The number of Topliss-reactive ketones (excluding diaryl/α,β-unsaturated/α-hetero) is 1. The molecule has 1 saturated carbocycles. The summed E-state index contributed by atoms with van der Waals surface area (Å²) in [6.07, 6.45) is 7.02. The lowest BCUT2D eigenvalue weighted by atomic mass is 9.82. The molecule has 0 radical (unpaired) electrons. The van der Waals surface area contributed by atoms with E-state index in [-0.39, 0.29) is 7.34 Å². The van der Waals surface area contributed by atoms with Crippen molar-refractivity contribution in [3.05, 3.63) is 0 Å². The molecule has 2 heteroatoms. The van der Waals surface area contributed by atoms with Gasteiger partial charge in [-0.3, -0.25) is 4.79 Å². The van der Waals surface area contributed by atoms with Crippen LogP contribution in [0.25, 0.3) is 0 Å². The van der Waals surface area contributed by atoms with Crippen LogP contribution in [0.3, 0.4) is 0 Å². The average Bonchev–Trinajstić information content (AvgIpc) is 2.28. The van der Waals surface area contributed by atoms with Crippen molar-refractivity contribution in [2.45, 2.75) is 65.3 Å². The summed E-state index contributed by atoms with van der Waals surface area (Å²) in [5.74, 6) is 1.33. The van der Waals surface area contributed by atoms with Gasteiger partial charge < -0.3 is 5.32 Å². The number of hydrogen-bond acceptors (Lipinski definition) is 2. The van der Waals surface area contributed by atoms with E-state index in [1.165, 1.54) is 32.1 Å². The molecule has 1 fully saturated rings. The Morgan fingerprint density at radius 3 is 2.44 bits per heavy atom. The molecule has 16 heavy (non-hydrogen) atoms. The summed E-state index contributed by atoms with van der Waals surface area (Å²) in [6, 6.07) is 0.713. The van der Waals surface area contributed by atoms with Crippen LogP contribution >= 0.6 is 0 Å². The number of carbonyl (C=O) groups excluding carboxylic acids is 1. The molecule has 0 unspecified atom stereocenters. The quantitative estimate of drug-likeness (QED) is 0.753. The Bertz CT molecular complexity index is 210. The fourth-order valence-electron chi connectivity index (χ4n) is 2.44. The summed E-state index contributed by atoms with van der Waals surface area (Å²) >= 11 is 0. The molecule has 0 spiro atoms. The minimum absolute atomic E-state index is 0. The van der Waals surface area contributed by atoms with Gasteiger partial charge in [0.1, 0.15) is 5.78 Å². The maximum atomic E-state index is 11.6. The number of carbonyl (C=O) groups is 1. The first-order valence-electron chi connectivity index (χ1n) is 6.89. The number of ketones is 1. The molecule has 2 nitrogen and oxygen atoms in total. The maximum absolute atomic E-state index is 11.6. The van der Waals surface area contributed by atoms with Gasteiger partial charge in [-0.25, -0.2) is 0 Å². The van der Waals surface area contributed by atoms with Crippen molar-refractivity contribution in [2.75, 3.05) is 6.54 Å². The van der Waals surface area contributed by atoms with Gasteiger partial charge in [-0.1, -0.05) is 20.8 Å². The van der Waals surface area contributed by atoms with Gasteiger partial charge in [-0.2, -0.15) is 0 Å². The van der Waals surface area contributed by atoms with E-state index in [0.29, 0.717) is 17.7 Å². The first-order valence-corrected chi connectivity index (χ1v) is 6.89. The number of hydrogen-bond donors (Lipinski definition) is 1. The van der Waals surface area contributed by atoms with Gasteiger partial charge in [0.05, 0.1) is 0 Å². The first-order chi connectivity index (χ1) is 7.63. The maximum Gasteiger partial charge on any atom is 0.135 e. The monoisotopic (exact) mass is 227 g/mol. The normalized spacial score (nSPS) is 26.0. The minimum atomic E-state index is 0. The molecular weight excluding hydrogens is 198 g/mol. The molecule has 1 N–H and O–H groups in total. The molecule has 0 aliphatic heterocycles. The highest BCUT2D eigenvalue weighted by molar-refractivity contribution is 5.80. The smallest absolute Gasteiger partial charge is 0.135 e. The van der Waals surface area contributed by atoms with Crippen molar-refractivity contribution >= 4 is 5.78 Å². The highest BCUT2D eigenvalue weighted by atomic mass is 16.1. The van der Waals surface area contributed by atoms with Crippen LogP contribution in [-0.4, -0.2) is 18.4 Å². The Balaban J connectivity index is 0.00000256. The predicted molar refractivity (Wildman–Crippen MR) is 70.6 cm³/mol. The molecule has 0 aromatic carbocycles. The SMILES string of the molecule is CCCNC1CCC(CC(=O)C(C)C)CC1.[HH]. The third-order valence-electron chi connectivity index (χ3n) is 3.66. The number of rotatable bonds is 6. The van der Waals surface area contributed by atoms with Gasteiger partial charge in [0.15, 0.2) is 0 Å². The van der Waals surface area contributed by atoms with Crippen molar-refractivity contribution in [2.24, 2.45) is 11.8 Å². The van der Waals surface area contributed by atoms with E-state index in [1.807, 2.05) is 13.8 Å². The molecule has 0 saturated heterocycles. The summed E-state index contributed by atoms with van der Waals surface area (Å²) in [5, 5.41) is 3.58. The zero-order valence-corrected chi connectivity index (χ0v) is 11.1. The van der Waals surface area contributed by atoms with Gasteiger partial charge in [-0.15, -0.1) is 0 Å². The van der Waals surface area contributed by atoms with Crippen molar-refractivity contribution in [3.8, 4) is 0 Å². The summed E-state index contributed by atoms with van der Waals surface area (Å²) in [7, 11) is 0. The molecule has 1 aliphatic carbocycles. The van der Waals surface area contributed by atoms with Crippen molar-refractivity contribution in [1.29, 1.82) is 0 Å². The molecule has 0 atom stereocenters. The van der Waals surface area contributed by atoms with Crippen LogP contribution < -0.4 is 5.32 Å².